The summed E-state index contributed by atoms with van der Waals surface area (Å²) < 4.78 is 0. The fourth-order valence-corrected chi connectivity index (χ4v) is 0.174. The molecule has 2 amide bonds. The lowest BCUT2D eigenvalue weighted by atomic mass is 10.8. The van der Waals surface area contributed by atoms with Gasteiger partial charge in [-0.2, -0.15) is 0 Å². The van der Waals surface area contributed by atoms with Crippen LogP contribution in [0.15, 0.2) is 0 Å². The van der Waals surface area contributed by atoms with Crippen LogP contribution in [0, 0.1) is 12.5 Å². The standard InChI is InChI=1S/C4H6N2O2/c1-2-6(3-7)4(5)8/h1,7H,3H2,(H2,5,8). The molecule has 8 heavy (non-hydrogen) atoms. The topological polar surface area (TPSA) is 66.6 Å². The molecule has 0 unspecified atom stereocenters. The molecular formula is C4H6N2O2. The summed E-state index contributed by atoms with van der Waals surface area (Å²) >= 11 is 0. The minimum absolute atomic E-state index is 0.536. The lowest BCUT2D eigenvalue weighted by Crippen LogP contribution is -2.31. The SMILES string of the molecule is C#CN(CO)C(N)=O. The second-order valence-electron chi connectivity index (χ2n) is 1.04. The van der Waals surface area contributed by atoms with Crippen molar-refractivity contribution < 1.29 is 9.90 Å². The molecular weight excluding hydrogens is 108 g/mol. The van der Waals surface area contributed by atoms with Gasteiger partial charge in [0.2, 0.25) is 0 Å². The second kappa shape index (κ2) is 2.88. The summed E-state index contributed by atoms with van der Waals surface area (Å²) in [6.45, 7) is -0.536. The molecule has 0 fully saturated rings. The quantitative estimate of drug-likeness (QED) is 0.258. The minimum atomic E-state index is -0.824. The fraction of sp³-hybridized carbons (Fsp3) is 0.250. The van der Waals surface area contributed by atoms with Gasteiger partial charge in [-0.25, -0.2) is 9.69 Å². The largest absolute Gasteiger partial charge is 0.375 e. The number of nitrogens with zero attached hydrogens (tertiary/aromatic N) is 1. The van der Waals surface area contributed by atoms with Gasteiger partial charge < -0.3 is 10.8 Å². The number of hydrogen-bond donors (Lipinski definition) is 2. The van der Waals surface area contributed by atoms with Crippen LogP contribution in [0.2, 0.25) is 0 Å². The molecule has 3 N–H and O–H groups in total. The molecule has 0 aromatic carbocycles. The Balaban J connectivity index is 3.76. The molecule has 0 saturated carbocycles. The molecule has 0 aliphatic rings. The van der Waals surface area contributed by atoms with E-state index in [9.17, 15) is 4.79 Å². The van der Waals surface area contributed by atoms with Gasteiger partial charge in [-0.05, 0) is 0 Å². The Bertz CT molecular complexity index is 126. The fourth-order valence-electron chi connectivity index (χ4n) is 0.174. The zero-order chi connectivity index (χ0) is 6.57. The highest BCUT2D eigenvalue weighted by Crippen LogP contribution is 1.77. The Morgan fingerprint density at radius 2 is 2.50 bits per heavy atom. The number of amides is 2. The number of rotatable bonds is 1. The first-order valence-electron chi connectivity index (χ1n) is 1.86. The summed E-state index contributed by atoms with van der Waals surface area (Å²) in [7, 11) is 0. The Kier molecular flexibility index (Phi) is 2.45. The molecule has 0 radical (unpaired) electrons. The molecule has 44 valence electrons. The summed E-state index contributed by atoms with van der Waals surface area (Å²) in [5, 5.41) is 8.18. The van der Waals surface area contributed by atoms with E-state index in [0.29, 0.717) is 4.90 Å². The monoisotopic (exact) mass is 114 g/mol. The molecule has 4 heteroatoms. The summed E-state index contributed by atoms with van der Waals surface area (Å²) in [4.78, 5) is 10.6. The van der Waals surface area contributed by atoms with Crippen LogP contribution in [0.4, 0.5) is 4.79 Å². The normalized spacial score (nSPS) is 7.50. The minimum Gasteiger partial charge on any atom is -0.375 e. The molecule has 0 bridgehead atoms. The van der Waals surface area contributed by atoms with Crippen LogP contribution in [0.1, 0.15) is 0 Å². The third kappa shape index (κ3) is 1.49. The van der Waals surface area contributed by atoms with E-state index >= 15 is 0 Å². The molecule has 0 rings (SSSR count). The summed E-state index contributed by atoms with van der Waals surface area (Å²) in [6.07, 6.45) is 4.70. The van der Waals surface area contributed by atoms with Crippen molar-refractivity contribution in [2.75, 3.05) is 6.73 Å². The highest BCUT2D eigenvalue weighted by Gasteiger charge is 2.00. The first kappa shape index (κ1) is 6.79. The Labute approximate surface area is 46.9 Å². The van der Waals surface area contributed by atoms with E-state index in [1.165, 1.54) is 0 Å². The van der Waals surface area contributed by atoms with Crippen molar-refractivity contribution in [3.8, 4) is 12.5 Å². The second-order valence-corrected chi connectivity index (χ2v) is 1.04. The van der Waals surface area contributed by atoms with Gasteiger partial charge in [0.1, 0.15) is 6.73 Å². The first-order valence-corrected chi connectivity index (χ1v) is 1.86. The molecule has 0 heterocycles. The van der Waals surface area contributed by atoms with Crippen molar-refractivity contribution >= 4 is 6.03 Å². The van der Waals surface area contributed by atoms with E-state index in [-0.39, 0.29) is 0 Å². The predicted octanol–water partition coefficient (Wildman–Crippen LogP) is -1.09. The third-order valence-electron chi connectivity index (χ3n) is 0.563. The predicted molar refractivity (Wildman–Crippen MR) is 27.3 cm³/mol. The lowest BCUT2D eigenvalue weighted by Gasteiger charge is -2.05. The number of aliphatic hydroxyl groups is 1. The Hall–Kier alpha value is -1.21. The zero-order valence-electron chi connectivity index (χ0n) is 4.16. The maximum Gasteiger partial charge on any atom is 0.328 e. The van der Waals surface area contributed by atoms with Gasteiger partial charge in [0.05, 0.1) is 0 Å². The highest BCUT2D eigenvalue weighted by atomic mass is 16.3. The van der Waals surface area contributed by atoms with Crippen molar-refractivity contribution in [1.29, 1.82) is 0 Å². The molecule has 0 aliphatic carbocycles. The molecule has 0 aromatic heterocycles. The van der Waals surface area contributed by atoms with E-state index < -0.39 is 12.8 Å². The molecule has 0 spiro atoms. The van der Waals surface area contributed by atoms with Crippen LogP contribution in [0.25, 0.3) is 0 Å². The van der Waals surface area contributed by atoms with Crippen LogP contribution in [0.5, 0.6) is 0 Å². The molecule has 0 atom stereocenters. The number of nitrogens with two attached hydrogens (primary N) is 1. The van der Waals surface area contributed by atoms with Gasteiger partial charge in [0.25, 0.3) is 0 Å². The number of aliphatic hydroxyl groups excluding tert-OH is 1. The van der Waals surface area contributed by atoms with Crippen molar-refractivity contribution in [3.63, 3.8) is 0 Å². The van der Waals surface area contributed by atoms with Crippen molar-refractivity contribution in [1.82, 2.24) is 4.90 Å². The molecule has 0 aromatic rings. The average molecular weight is 114 g/mol. The van der Waals surface area contributed by atoms with Crippen LogP contribution < -0.4 is 5.73 Å². The van der Waals surface area contributed by atoms with Gasteiger partial charge in [-0.3, -0.25) is 0 Å². The van der Waals surface area contributed by atoms with Gasteiger partial charge in [-0.1, -0.05) is 6.42 Å². The maximum atomic E-state index is 10.0. The average Bonchev–Trinajstić information content (AvgIpc) is 1.69. The van der Waals surface area contributed by atoms with Crippen LogP contribution in [0.3, 0.4) is 0 Å². The van der Waals surface area contributed by atoms with E-state index in [4.69, 9.17) is 11.5 Å². The van der Waals surface area contributed by atoms with Gasteiger partial charge >= 0.3 is 6.03 Å². The number of terminal acetylenes is 1. The number of hydrogen-bond acceptors (Lipinski definition) is 2. The number of carbonyl (C=O) groups excluding carboxylic acids is 1. The van der Waals surface area contributed by atoms with Gasteiger partial charge in [0, 0.05) is 6.04 Å². The Morgan fingerprint density at radius 1 is 2.00 bits per heavy atom. The maximum absolute atomic E-state index is 10.0. The van der Waals surface area contributed by atoms with E-state index in [1.54, 1.807) is 0 Å². The first-order chi connectivity index (χ1) is 3.72. The summed E-state index contributed by atoms with van der Waals surface area (Å²) in [6, 6.07) is 1.04. The third-order valence-corrected chi connectivity index (χ3v) is 0.563. The van der Waals surface area contributed by atoms with Crippen molar-refractivity contribution in [2.45, 2.75) is 0 Å². The zero-order valence-corrected chi connectivity index (χ0v) is 4.16. The van der Waals surface area contributed by atoms with Crippen LogP contribution in [-0.2, 0) is 0 Å². The number of carbonyl (C=O) groups is 1. The van der Waals surface area contributed by atoms with Crippen molar-refractivity contribution in [3.05, 3.63) is 0 Å². The van der Waals surface area contributed by atoms with Gasteiger partial charge in [0.15, 0.2) is 0 Å². The Morgan fingerprint density at radius 3 is 2.50 bits per heavy atom. The van der Waals surface area contributed by atoms with Crippen LogP contribution >= 0.6 is 0 Å². The number of primary amides is 1. The lowest BCUT2D eigenvalue weighted by molar-refractivity contribution is 0.165. The van der Waals surface area contributed by atoms with Crippen molar-refractivity contribution in [2.24, 2.45) is 5.73 Å². The van der Waals surface area contributed by atoms with Gasteiger partial charge in [-0.15, -0.1) is 0 Å². The smallest absolute Gasteiger partial charge is 0.328 e. The highest BCUT2D eigenvalue weighted by molar-refractivity contribution is 5.73. The summed E-state index contributed by atoms with van der Waals surface area (Å²) in [5.74, 6) is 0. The molecule has 4 nitrogen and oxygen atoms in total. The molecule has 0 saturated heterocycles. The molecule has 0 aliphatic heterocycles. The van der Waals surface area contributed by atoms with Crippen LogP contribution in [-0.4, -0.2) is 22.8 Å². The van der Waals surface area contributed by atoms with E-state index in [1.807, 2.05) is 6.04 Å². The summed E-state index contributed by atoms with van der Waals surface area (Å²) in [5.41, 5.74) is 4.64. The van der Waals surface area contributed by atoms with E-state index in [0.717, 1.165) is 0 Å². The number of urea groups is 1. The van der Waals surface area contributed by atoms with E-state index in [2.05, 4.69) is 5.73 Å².